The summed E-state index contributed by atoms with van der Waals surface area (Å²) in [5.74, 6) is 1.44. The zero-order valence-corrected chi connectivity index (χ0v) is 15.0. The van der Waals surface area contributed by atoms with E-state index >= 15 is 0 Å². The summed E-state index contributed by atoms with van der Waals surface area (Å²) in [5, 5.41) is 4.29. The van der Waals surface area contributed by atoms with Crippen LogP contribution in [0.3, 0.4) is 0 Å². The molecule has 107 valence electrons. The van der Waals surface area contributed by atoms with Gasteiger partial charge in [0.25, 0.3) is 0 Å². The fourth-order valence-corrected chi connectivity index (χ4v) is 1.86. The van der Waals surface area contributed by atoms with Gasteiger partial charge in [0.2, 0.25) is 0 Å². The zero-order chi connectivity index (χ0) is 14.4. The smallest absolute Gasteiger partial charge is 0.150 e. The Balaban J connectivity index is 0.00000220. The van der Waals surface area contributed by atoms with Crippen molar-refractivity contribution >= 4 is 12.1 Å². The third kappa shape index (κ3) is 5.21. The average Bonchev–Trinajstić information content (AvgIpc) is 2.49. The van der Waals surface area contributed by atoms with Gasteiger partial charge in [-0.2, -0.15) is 18.3 Å². The third-order valence-electron chi connectivity index (χ3n) is 2.95. The third-order valence-corrected chi connectivity index (χ3v) is 2.95. The molecule has 21 heavy (non-hydrogen) atoms. The second kappa shape index (κ2) is 8.90. The van der Waals surface area contributed by atoms with Gasteiger partial charge in [-0.25, -0.2) is 0 Å². The first kappa shape index (κ1) is 17.8. The molecule has 0 amide bonds. The number of nitrogens with zero attached hydrogens (tertiary/aromatic N) is 3. The van der Waals surface area contributed by atoms with Crippen molar-refractivity contribution in [3.05, 3.63) is 65.2 Å². The van der Waals surface area contributed by atoms with Gasteiger partial charge in [0.1, 0.15) is 6.29 Å². The fourth-order valence-electron chi connectivity index (χ4n) is 1.86. The van der Waals surface area contributed by atoms with Crippen LogP contribution >= 0.6 is 0 Å². The van der Waals surface area contributed by atoms with Gasteiger partial charge in [0.05, 0.1) is 0 Å². The van der Waals surface area contributed by atoms with E-state index in [0.29, 0.717) is 17.9 Å². The maximum atomic E-state index is 10.6. The van der Waals surface area contributed by atoms with Crippen molar-refractivity contribution in [1.82, 2.24) is 9.97 Å². The minimum absolute atomic E-state index is 0. The van der Waals surface area contributed by atoms with Crippen molar-refractivity contribution in [3.8, 4) is 0 Å². The van der Waals surface area contributed by atoms with Crippen LogP contribution in [0.2, 0.25) is 0 Å². The molecule has 5 heteroatoms. The molecule has 1 aromatic carbocycles. The summed E-state index contributed by atoms with van der Waals surface area (Å²) in [6, 6.07) is 7.55. The van der Waals surface area contributed by atoms with Crippen LogP contribution < -0.4 is 0 Å². The van der Waals surface area contributed by atoms with Crippen LogP contribution in [0.5, 0.6) is 0 Å². The second-order valence-corrected chi connectivity index (χ2v) is 4.47. The Hall–Kier alpha value is -1.26. The Morgan fingerprint density at radius 2 is 1.95 bits per heavy atom. The van der Waals surface area contributed by atoms with E-state index in [1.54, 1.807) is 6.20 Å². The number of carbonyl (C=O) groups is 1. The zero-order valence-electron chi connectivity index (χ0n) is 12.1. The quantitative estimate of drug-likeness (QED) is 0.590. The Labute approximate surface area is 150 Å². The summed E-state index contributed by atoms with van der Waals surface area (Å²) in [6.45, 7) is 6.52. The molecular weight excluding hydrogens is 339 g/mol. The summed E-state index contributed by atoms with van der Waals surface area (Å²) < 4.78 is 0. The molecule has 0 unspecified atom stereocenters. The first-order valence-corrected chi connectivity index (χ1v) is 6.62. The number of aromatic nitrogens is 2. The Bertz CT molecular complexity index is 585. The van der Waals surface area contributed by atoms with Crippen LogP contribution in [0, 0.1) is 6.92 Å². The normalized spacial score (nSPS) is 9.76. The largest absolute Gasteiger partial charge is 0.527 e. The molecule has 0 bridgehead atoms. The topological polar surface area (TPSA) is 57.0 Å². The first-order chi connectivity index (χ1) is 9.72. The predicted octanol–water partition coefficient (Wildman–Crippen LogP) is 3.28. The second-order valence-electron chi connectivity index (χ2n) is 4.47. The Morgan fingerprint density at radius 1 is 1.24 bits per heavy atom. The predicted molar refractivity (Wildman–Crippen MR) is 79.3 cm³/mol. The standard InChI is InChI=1S/C16H17N3O.Y/c1-3-17-16-12(2)10-18-15(19-16)9-8-13-4-6-14(11-20)7-5-13;/h4-7,10-11H,2-3,8-9H2,1H3;/q-2;. The molecule has 1 heterocycles. The van der Waals surface area contributed by atoms with Gasteiger partial charge >= 0.3 is 0 Å². The average molecular weight is 356 g/mol. The van der Waals surface area contributed by atoms with E-state index in [1.165, 1.54) is 0 Å². The molecule has 0 aliphatic heterocycles. The summed E-state index contributed by atoms with van der Waals surface area (Å²) in [7, 11) is 0. The molecule has 0 aliphatic carbocycles. The number of hydrogen-bond donors (Lipinski definition) is 0. The molecule has 0 fully saturated rings. The molecule has 1 radical (unpaired) electrons. The van der Waals surface area contributed by atoms with Gasteiger partial charge in [-0.3, -0.25) is 4.79 Å². The fraction of sp³-hybridized carbons (Fsp3) is 0.250. The van der Waals surface area contributed by atoms with Gasteiger partial charge in [0.15, 0.2) is 0 Å². The van der Waals surface area contributed by atoms with Gasteiger partial charge in [-0.05, 0) is 18.4 Å². The van der Waals surface area contributed by atoms with Gasteiger partial charge in [-0.15, -0.1) is 0 Å². The number of rotatable bonds is 6. The van der Waals surface area contributed by atoms with Crippen LogP contribution in [-0.2, 0) is 45.6 Å². The molecule has 4 nitrogen and oxygen atoms in total. The molecule has 2 aromatic rings. The monoisotopic (exact) mass is 356 g/mol. The van der Waals surface area contributed by atoms with Gasteiger partial charge < -0.3 is 15.3 Å². The molecule has 1 aromatic heterocycles. The SMILES string of the molecule is [CH2-]c1cnc(CCc2ccc(C=O)cc2)nc1[N-]CC.[Y]. The van der Waals surface area contributed by atoms with Crippen LogP contribution in [0.25, 0.3) is 5.32 Å². The molecule has 0 aliphatic rings. The molecule has 0 saturated carbocycles. The number of aryl methyl sites for hydroxylation is 2. The van der Waals surface area contributed by atoms with E-state index in [4.69, 9.17) is 0 Å². The molecule has 0 saturated heterocycles. The number of hydrogen-bond acceptors (Lipinski definition) is 3. The number of carbonyl (C=O) groups excluding carboxylic acids is 1. The van der Waals surface area contributed by atoms with Crippen LogP contribution in [0.15, 0.2) is 30.5 Å². The van der Waals surface area contributed by atoms with E-state index < -0.39 is 0 Å². The van der Waals surface area contributed by atoms with Gasteiger partial charge in [-0.1, -0.05) is 43.9 Å². The maximum absolute atomic E-state index is 10.6. The summed E-state index contributed by atoms with van der Waals surface area (Å²) >= 11 is 0. The number of benzene rings is 1. The van der Waals surface area contributed by atoms with Crippen molar-refractivity contribution in [2.75, 3.05) is 6.54 Å². The van der Waals surface area contributed by atoms with Crippen molar-refractivity contribution in [1.29, 1.82) is 0 Å². The Kier molecular flexibility index (Phi) is 7.55. The van der Waals surface area contributed by atoms with Crippen molar-refractivity contribution in [3.63, 3.8) is 0 Å². The molecule has 0 spiro atoms. The van der Waals surface area contributed by atoms with Crippen molar-refractivity contribution < 1.29 is 37.5 Å². The number of aldehydes is 1. The summed E-state index contributed by atoms with van der Waals surface area (Å²) in [4.78, 5) is 19.3. The molecular formula is C16H17N3OY-2. The van der Waals surface area contributed by atoms with Crippen molar-refractivity contribution in [2.45, 2.75) is 19.8 Å². The van der Waals surface area contributed by atoms with Gasteiger partial charge in [0, 0.05) is 44.1 Å². The van der Waals surface area contributed by atoms with Crippen molar-refractivity contribution in [2.24, 2.45) is 0 Å². The first-order valence-electron chi connectivity index (χ1n) is 6.62. The molecule has 0 N–H and O–H groups in total. The van der Waals surface area contributed by atoms with E-state index in [-0.39, 0.29) is 32.7 Å². The summed E-state index contributed by atoms with van der Waals surface area (Å²) in [6.07, 6.45) is 4.14. The molecule has 2 rings (SSSR count). The maximum Gasteiger partial charge on any atom is 0.150 e. The summed E-state index contributed by atoms with van der Waals surface area (Å²) in [5.41, 5.74) is 2.60. The van der Waals surface area contributed by atoms with Crippen LogP contribution in [0.1, 0.15) is 34.2 Å². The van der Waals surface area contributed by atoms with Crippen LogP contribution in [-0.4, -0.2) is 22.8 Å². The van der Waals surface area contributed by atoms with E-state index in [2.05, 4.69) is 22.2 Å². The van der Waals surface area contributed by atoms with Crippen LogP contribution in [0.4, 0.5) is 5.82 Å². The van der Waals surface area contributed by atoms with E-state index in [0.717, 1.165) is 36.1 Å². The molecule has 0 atom stereocenters. The van der Waals surface area contributed by atoms with E-state index in [9.17, 15) is 4.79 Å². The Morgan fingerprint density at radius 3 is 2.57 bits per heavy atom. The van der Waals surface area contributed by atoms with E-state index in [1.807, 2.05) is 31.2 Å². The minimum atomic E-state index is 0. The minimum Gasteiger partial charge on any atom is -0.527 e.